The Kier molecular flexibility index (Phi) is 4.03. The Morgan fingerprint density at radius 2 is 1.93 bits per heavy atom. The second kappa shape index (κ2) is 6.30. The second-order valence-electron chi connectivity index (χ2n) is 7.78. The van der Waals surface area contributed by atoms with E-state index in [-0.39, 0.29) is 17.3 Å². The van der Waals surface area contributed by atoms with Crippen LogP contribution in [0.25, 0.3) is 11.0 Å². The van der Waals surface area contributed by atoms with Crippen LogP contribution < -0.4 is 4.90 Å². The van der Waals surface area contributed by atoms with E-state index >= 15 is 0 Å². The summed E-state index contributed by atoms with van der Waals surface area (Å²) in [5.41, 5.74) is 1.35. The van der Waals surface area contributed by atoms with Crippen molar-refractivity contribution in [1.29, 1.82) is 0 Å². The van der Waals surface area contributed by atoms with Gasteiger partial charge in [0.25, 0.3) is 5.91 Å². The van der Waals surface area contributed by atoms with E-state index in [4.69, 9.17) is 0 Å². The smallest absolute Gasteiger partial charge is 0.296 e. The Labute approximate surface area is 161 Å². The predicted octanol–water partition coefficient (Wildman–Crippen LogP) is 3.47. The van der Waals surface area contributed by atoms with Crippen molar-refractivity contribution in [3.8, 4) is 0 Å². The zero-order valence-electron chi connectivity index (χ0n) is 15.8. The Balaban J connectivity index is 1.91. The van der Waals surface area contributed by atoms with E-state index in [0.29, 0.717) is 11.1 Å². The van der Waals surface area contributed by atoms with Gasteiger partial charge in [-0.2, -0.15) is 0 Å². The number of hydrogen-bond donors (Lipinski definition) is 2. The number of nitrogens with zero attached hydrogens (tertiary/aromatic N) is 3. The third-order valence-corrected chi connectivity index (χ3v) is 4.74. The van der Waals surface area contributed by atoms with Crippen molar-refractivity contribution < 1.29 is 14.7 Å². The van der Waals surface area contributed by atoms with Gasteiger partial charge in [-0.3, -0.25) is 19.5 Å². The number of carbonyl (C=O) groups excluding carboxylic acids is 2. The molecule has 28 heavy (non-hydrogen) atoms. The van der Waals surface area contributed by atoms with E-state index in [2.05, 4.69) is 15.0 Å². The molecule has 0 saturated heterocycles. The topological polar surface area (TPSA) is 99.2 Å². The van der Waals surface area contributed by atoms with Gasteiger partial charge >= 0.3 is 0 Å². The van der Waals surface area contributed by atoms with Crippen LogP contribution in [0.4, 0.5) is 5.95 Å². The third kappa shape index (κ3) is 2.76. The lowest BCUT2D eigenvalue weighted by Crippen LogP contribution is -2.33. The summed E-state index contributed by atoms with van der Waals surface area (Å²) in [5.74, 6) is -1.25. The Morgan fingerprint density at radius 1 is 1.18 bits per heavy atom. The summed E-state index contributed by atoms with van der Waals surface area (Å²) in [6.07, 6.45) is 3.20. The maximum atomic E-state index is 13.1. The molecule has 0 aliphatic carbocycles. The number of Topliss-reactive ketones (excluding diaryl/α,β-unsaturated/α-hetero) is 1. The molecule has 7 nitrogen and oxygen atoms in total. The summed E-state index contributed by atoms with van der Waals surface area (Å²) in [4.78, 5) is 39.2. The second-order valence-corrected chi connectivity index (χ2v) is 7.78. The zero-order chi connectivity index (χ0) is 20.1. The fourth-order valence-electron chi connectivity index (χ4n) is 3.37. The van der Waals surface area contributed by atoms with Gasteiger partial charge in [-0.15, -0.1) is 0 Å². The molecule has 0 spiro atoms. The molecule has 1 atom stereocenters. The summed E-state index contributed by atoms with van der Waals surface area (Å²) in [6, 6.07) is 10.1. The molecular formula is C21H20N4O3. The summed E-state index contributed by atoms with van der Waals surface area (Å²) in [7, 11) is 0. The highest BCUT2D eigenvalue weighted by molar-refractivity contribution is 6.17. The van der Waals surface area contributed by atoms with E-state index in [1.54, 1.807) is 45.3 Å². The molecule has 4 rings (SSSR count). The van der Waals surface area contributed by atoms with Crippen LogP contribution in [-0.2, 0) is 9.59 Å². The number of aromatic nitrogens is 3. The lowest BCUT2D eigenvalue weighted by Gasteiger charge is -2.26. The first kappa shape index (κ1) is 17.9. The maximum Gasteiger partial charge on any atom is 0.296 e. The van der Waals surface area contributed by atoms with Gasteiger partial charge in [0, 0.05) is 17.8 Å². The largest absolute Gasteiger partial charge is 0.503 e. The van der Waals surface area contributed by atoms with Crippen LogP contribution in [0.3, 0.4) is 0 Å². The zero-order valence-corrected chi connectivity index (χ0v) is 15.8. The first-order chi connectivity index (χ1) is 13.3. The molecule has 0 saturated carbocycles. The van der Waals surface area contributed by atoms with Crippen LogP contribution in [0.1, 0.15) is 32.4 Å². The lowest BCUT2D eigenvalue weighted by molar-refractivity contribution is -0.123. The van der Waals surface area contributed by atoms with Gasteiger partial charge in [-0.25, -0.2) is 4.98 Å². The number of hydrogen-bond acceptors (Lipinski definition) is 5. The van der Waals surface area contributed by atoms with Crippen LogP contribution in [-0.4, -0.2) is 31.7 Å². The van der Waals surface area contributed by atoms with Crippen molar-refractivity contribution in [2.75, 3.05) is 4.90 Å². The highest BCUT2D eigenvalue weighted by Crippen LogP contribution is 2.42. The van der Waals surface area contributed by atoms with Gasteiger partial charge in [0.1, 0.15) is 0 Å². The van der Waals surface area contributed by atoms with Crippen molar-refractivity contribution in [1.82, 2.24) is 15.0 Å². The number of carbonyl (C=O) groups is 2. The van der Waals surface area contributed by atoms with Gasteiger partial charge in [-0.05, 0) is 23.8 Å². The number of amides is 1. The van der Waals surface area contributed by atoms with Crippen molar-refractivity contribution in [3.63, 3.8) is 0 Å². The number of H-pyrrole nitrogens is 1. The monoisotopic (exact) mass is 376 g/mol. The molecule has 0 radical (unpaired) electrons. The van der Waals surface area contributed by atoms with Gasteiger partial charge in [0.2, 0.25) is 5.95 Å². The van der Waals surface area contributed by atoms with Crippen molar-refractivity contribution in [2.45, 2.75) is 26.8 Å². The number of anilines is 1. The minimum absolute atomic E-state index is 0.0611. The molecule has 2 aromatic heterocycles. The number of fused-ring (bicyclic) bond motifs is 1. The van der Waals surface area contributed by atoms with Crippen molar-refractivity contribution in [3.05, 3.63) is 65.7 Å². The van der Waals surface area contributed by atoms with Gasteiger partial charge in [0.15, 0.2) is 11.5 Å². The molecular weight excluding hydrogens is 356 g/mol. The SMILES string of the molecule is CC(C)(C)C(=O)C1=C(O)C(=O)N(c2nc3ccccc3[nH]2)C1c1cccnc1. The number of imidazole rings is 1. The molecule has 2 N–H and O–H groups in total. The number of aliphatic hydroxyl groups excluding tert-OH is 1. The van der Waals surface area contributed by atoms with Crippen LogP contribution >= 0.6 is 0 Å². The Morgan fingerprint density at radius 3 is 2.57 bits per heavy atom. The van der Waals surface area contributed by atoms with E-state index in [0.717, 1.165) is 5.52 Å². The molecule has 3 heterocycles. The quantitative estimate of drug-likeness (QED) is 0.729. The third-order valence-electron chi connectivity index (χ3n) is 4.74. The molecule has 1 amide bonds. The number of ketones is 1. The highest BCUT2D eigenvalue weighted by Gasteiger charge is 2.47. The average molecular weight is 376 g/mol. The van der Waals surface area contributed by atoms with E-state index in [1.807, 2.05) is 24.3 Å². The first-order valence-corrected chi connectivity index (χ1v) is 8.95. The van der Waals surface area contributed by atoms with Crippen LogP contribution in [0.15, 0.2) is 60.1 Å². The molecule has 1 aromatic carbocycles. The van der Waals surface area contributed by atoms with Crippen LogP contribution in [0.2, 0.25) is 0 Å². The van der Waals surface area contributed by atoms with Crippen LogP contribution in [0.5, 0.6) is 0 Å². The molecule has 1 unspecified atom stereocenters. The number of rotatable bonds is 3. The molecule has 3 aromatic rings. The Bertz CT molecular complexity index is 1080. The molecule has 1 aliphatic heterocycles. The number of benzene rings is 1. The number of nitrogens with one attached hydrogen (secondary N) is 1. The van der Waals surface area contributed by atoms with Crippen LogP contribution in [0, 0.1) is 5.41 Å². The minimum atomic E-state index is -0.812. The summed E-state index contributed by atoms with van der Waals surface area (Å²) in [6.45, 7) is 5.26. The summed E-state index contributed by atoms with van der Waals surface area (Å²) >= 11 is 0. The predicted molar refractivity (Wildman–Crippen MR) is 105 cm³/mol. The van der Waals surface area contributed by atoms with E-state index < -0.39 is 23.1 Å². The van der Waals surface area contributed by atoms with Gasteiger partial charge in [-0.1, -0.05) is 39.0 Å². The fourth-order valence-corrected chi connectivity index (χ4v) is 3.37. The molecule has 7 heteroatoms. The molecule has 142 valence electrons. The lowest BCUT2D eigenvalue weighted by atomic mass is 9.82. The van der Waals surface area contributed by atoms with Crippen molar-refractivity contribution >= 4 is 28.7 Å². The molecule has 1 aliphatic rings. The molecule has 0 fully saturated rings. The maximum absolute atomic E-state index is 13.1. The number of aliphatic hydroxyl groups is 1. The standard InChI is InChI=1S/C21H20N4O3/c1-21(2,3)18(27)15-16(12-7-6-10-22-11-12)25(19(28)17(15)26)20-23-13-8-4-5-9-14(13)24-20/h4-11,16,26H,1-3H3,(H,23,24). The van der Waals surface area contributed by atoms with E-state index in [9.17, 15) is 14.7 Å². The average Bonchev–Trinajstić information content (AvgIpc) is 3.20. The van der Waals surface area contributed by atoms with Gasteiger partial charge < -0.3 is 10.1 Å². The first-order valence-electron chi connectivity index (χ1n) is 8.95. The number of aromatic amines is 1. The number of pyridine rings is 1. The fraction of sp³-hybridized carbons (Fsp3) is 0.238. The highest BCUT2D eigenvalue weighted by atomic mass is 16.3. The minimum Gasteiger partial charge on any atom is -0.503 e. The van der Waals surface area contributed by atoms with Crippen molar-refractivity contribution in [2.24, 2.45) is 5.41 Å². The normalized spacial score (nSPS) is 17.6. The van der Waals surface area contributed by atoms with E-state index in [1.165, 1.54) is 4.90 Å². The number of para-hydroxylation sites is 2. The molecule has 0 bridgehead atoms. The Hall–Kier alpha value is -3.48. The summed E-state index contributed by atoms with van der Waals surface area (Å²) in [5, 5.41) is 10.6. The van der Waals surface area contributed by atoms with Gasteiger partial charge in [0.05, 0.1) is 22.6 Å². The summed E-state index contributed by atoms with van der Waals surface area (Å²) < 4.78 is 0.